The Bertz CT molecular complexity index is 516. The molecule has 0 saturated carbocycles. The Morgan fingerprint density at radius 3 is 2.79 bits per heavy atom. The molecule has 1 N–H and O–H groups in total. The minimum absolute atomic E-state index is 0.294. The van der Waals surface area contributed by atoms with Crippen molar-refractivity contribution in [3.8, 4) is 0 Å². The van der Waals surface area contributed by atoms with Gasteiger partial charge in [-0.15, -0.1) is 0 Å². The Labute approximate surface area is 115 Å². The van der Waals surface area contributed by atoms with Crippen LogP contribution in [0.4, 0.5) is 0 Å². The molecule has 19 heavy (non-hydrogen) atoms. The van der Waals surface area contributed by atoms with E-state index in [9.17, 15) is 0 Å². The summed E-state index contributed by atoms with van der Waals surface area (Å²) in [6.07, 6.45) is 4.13. The summed E-state index contributed by atoms with van der Waals surface area (Å²) in [5.41, 5.74) is 3.80. The van der Waals surface area contributed by atoms with Gasteiger partial charge in [-0.2, -0.15) is 5.10 Å². The third-order valence-electron chi connectivity index (χ3n) is 3.25. The van der Waals surface area contributed by atoms with Gasteiger partial charge in [0, 0.05) is 13.2 Å². The Morgan fingerprint density at radius 2 is 2.16 bits per heavy atom. The highest BCUT2D eigenvalue weighted by atomic mass is 15.3. The summed E-state index contributed by atoms with van der Waals surface area (Å²) in [5.74, 6) is 0. The van der Waals surface area contributed by atoms with Crippen LogP contribution in [0.1, 0.15) is 36.2 Å². The lowest BCUT2D eigenvalue weighted by Crippen LogP contribution is -2.24. The van der Waals surface area contributed by atoms with E-state index in [1.165, 1.54) is 11.1 Å². The van der Waals surface area contributed by atoms with Crippen LogP contribution in [0.2, 0.25) is 0 Å². The van der Waals surface area contributed by atoms with E-state index in [1.54, 1.807) is 0 Å². The summed E-state index contributed by atoms with van der Waals surface area (Å²) in [6, 6.07) is 11.1. The highest BCUT2D eigenvalue weighted by molar-refractivity contribution is 5.24. The van der Waals surface area contributed by atoms with E-state index in [0.29, 0.717) is 6.04 Å². The molecule has 0 bridgehead atoms. The van der Waals surface area contributed by atoms with Gasteiger partial charge >= 0.3 is 0 Å². The summed E-state index contributed by atoms with van der Waals surface area (Å²) >= 11 is 0. The molecule has 0 aliphatic heterocycles. The third kappa shape index (κ3) is 3.93. The minimum Gasteiger partial charge on any atom is -0.308 e. The Balaban J connectivity index is 2.13. The molecule has 102 valence electrons. The Morgan fingerprint density at radius 1 is 1.32 bits per heavy atom. The zero-order chi connectivity index (χ0) is 13.7. The van der Waals surface area contributed by atoms with Crippen LogP contribution in [0.25, 0.3) is 0 Å². The predicted octanol–water partition coefficient (Wildman–Crippen LogP) is 3.01. The first-order chi connectivity index (χ1) is 9.19. The smallest absolute Gasteiger partial charge is 0.0797 e. The highest BCUT2D eigenvalue weighted by Gasteiger charge is 2.14. The molecule has 0 amide bonds. The van der Waals surface area contributed by atoms with Gasteiger partial charge in [-0.3, -0.25) is 4.68 Å². The molecule has 0 saturated heterocycles. The van der Waals surface area contributed by atoms with Gasteiger partial charge in [0.25, 0.3) is 0 Å². The van der Waals surface area contributed by atoms with Crippen LogP contribution in [-0.2, 0) is 13.5 Å². The lowest BCUT2D eigenvalue weighted by molar-refractivity contribution is 0.510. The van der Waals surface area contributed by atoms with Gasteiger partial charge in [0.1, 0.15) is 0 Å². The second-order valence-corrected chi connectivity index (χ2v) is 5.11. The van der Waals surface area contributed by atoms with Gasteiger partial charge in [-0.25, -0.2) is 0 Å². The van der Waals surface area contributed by atoms with Crippen molar-refractivity contribution < 1.29 is 0 Å². The van der Waals surface area contributed by atoms with Crippen LogP contribution in [0.3, 0.4) is 0 Å². The summed E-state index contributed by atoms with van der Waals surface area (Å²) in [4.78, 5) is 0. The zero-order valence-electron chi connectivity index (χ0n) is 12.1. The highest BCUT2D eigenvalue weighted by Crippen LogP contribution is 2.17. The van der Waals surface area contributed by atoms with Crippen molar-refractivity contribution >= 4 is 0 Å². The minimum atomic E-state index is 0.294. The van der Waals surface area contributed by atoms with Crippen molar-refractivity contribution in [1.29, 1.82) is 0 Å². The lowest BCUT2D eigenvalue weighted by atomic mass is 10.0. The summed E-state index contributed by atoms with van der Waals surface area (Å²) in [6.45, 7) is 5.35. The number of nitrogens with zero attached hydrogens (tertiary/aromatic N) is 2. The molecule has 0 fully saturated rings. The van der Waals surface area contributed by atoms with E-state index in [0.717, 1.165) is 25.1 Å². The second-order valence-electron chi connectivity index (χ2n) is 5.11. The second kappa shape index (κ2) is 6.53. The van der Waals surface area contributed by atoms with Crippen molar-refractivity contribution in [2.24, 2.45) is 7.05 Å². The molecule has 1 aromatic carbocycles. The molecule has 1 aromatic heterocycles. The number of benzene rings is 1. The third-order valence-corrected chi connectivity index (χ3v) is 3.25. The largest absolute Gasteiger partial charge is 0.308 e. The van der Waals surface area contributed by atoms with Gasteiger partial charge in [0.05, 0.1) is 11.7 Å². The van der Waals surface area contributed by atoms with Gasteiger partial charge < -0.3 is 5.32 Å². The van der Waals surface area contributed by atoms with Crippen molar-refractivity contribution in [3.05, 3.63) is 53.3 Å². The summed E-state index contributed by atoms with van der Waals surface area (Å²) < 4.78 is 1.87. The molecule has 3 heteroatoms. The van der Waals surface area contributed by atoms with Crippen LogP contribution in [0, 0.1) is 6.92 Å². The van der Waals surface area contributed by atoms with Gasteiger partial charge in [0.2, 0.25) is 0 Å². The lowest BCUT2D eigenvalue weighted by Gasteiger charge is -2.17. The number of aryl methyl sites for hydroxylation is 2. The van der Waals surface area contributed by atoms with Crippen molar-refractivity contribution in [3.63, 3.8) is 0 Å². The standard InChI is InChI=1S/C16H23N3/c1-4-9-17-16(15-8-10-19(3)18-15)12-14-7-5-6-13(2)11-14/h5-8,10-11,16-17H,4,9,12H2,1-3H3. The molecule has 2 aromatic rings. The molecule has 1 unspecified atom stereocenters. The summed E-state index contributed by atoms with van der Waals surface area (Å²) in [7, 11) is 1.97. The molecule has 3 nitrogen and oxygen atoms in total. The average Bonchev–Trinajstić information content (AvgIpc) is 2.81. The number of aromatic nitrogens is 2. The van der Waals surface area contributed by atoms with Crippen molar-refractivity contribution in [1.82, 2.24) is 15.1 Å². The van der Waals surface area contributed by atoms with Crippen LogP contribution < -0.4 is 5.32 Å². The van der Waals surface area contributed by atoms with E-state index in [1.807, 2.05) is 17.9 Å². The molecule has 0 radical (unpaired) electrons. The van der Waals surface area contributed by atoms with E-state index in [4.69, 9.17) is 0 Å². The monoisotopic (exact) mass is 257 g/mol. The molecular formula is C16H23N3. The topological polar surface area (TPSA) is 29.9 Å². The van der Waals surface area contributed by atoms with Gasteiger partial charge in [-0.05, 0) is 37.9 Å². The van der Waals surface area contributed by atoms with E-state index < -0.39 is 0 Å². The molecule has 0 spiro atoms. The fourth-order valence-electron chi connectivity index (χ4n) is 2.29. The molecule has 0 aliphatic carbocycles. The average molecular weight is 257 g/mol. The normalized spacial score (nSPS) is 12.6. The maximum absolute atomic E-state index is 4.54. The zero-order valence-corrected chi connectivity index (χ0v) is 12.1. The van der Waals surface area contributed by atoms with E-state index in [2.05, 4.69) is 54.6 Å². The number of hydrogen-bond donors (Lipinski definition) is 1. The Hall–Kier alpha value is -1.61. The maximum Gasteiger partial charge on any atom is 0.0797 e. The summed E-state index contributed by atoms with van der Waals surface area (Å²) in [5, 5.41) is 8.13. The number of nitrogens with one attached hydrogen (secondary N) is 1. The maximum atomic E-state index is 4.54. The quantitative estimate of drug-likeness (QED) is 0.862. The van der Waals surface area contributed by atoms with E-state index in [-0.39, 0.29) is 0 Å². The predicted molar refractivity (Wildman–Crippen MR) is 79.1 cm³/mol. The van der Waals surface area contributed by atoms with Crippen LogP contribution in [0.15, 0.2) is 36.5 Å². The van der Waals surface area contributed by atoms with Crippen molar-refractivity contribution in [2.45, 2.75) is 32.7 Å². The molecule has 1 atom stereocenters. The van der Waals surface area contributed by atoms with Crippen molar-refractivity contribution in [2.75, 3.05) is 6.54 Å². The molecule has 1 heterocycles. The van der Waals surface area contributed by atoms with E-state index >= 15 is 0 Å². The SMILES string of the molecule is CCCNC(Cc1cccc(C)c1)c1ccn(C)n1. The molecular weight excluding hydrogens is 234 g/mol. The molecule has 2 rings (SSSR count). The van der Waals surface area contributed by atoms with Gasteiger partial charge in [-0.1, -0.05) is 36.8 Å². The fourth-order valence-corrected chi connectivity index (χ4v) is 2.29. The molecule has 0 aliphatic rings. The first-order valence-corrected chi connectivity index (χ1v) is 6.97. The Kier molecular flexibility index (Phi) is 4.74. The number of hydrogen-bond acceptors (Lipinski definition) is 2. The van der Waals surface area contributed by atoms with Crippen LogP contribution >= 0.6 is 0 Å². The number of rotatable bonds is 6. The van der Waals surface area contributed by atoms with Crippen LogP contribution in [0.5, 0.6) is 0 Å². The van der Waals surface area contributed by atoms with Gasteiger partial charge in [0.15, 0.2) is 0 Å². The fraction of sp³-hybridized carbons (Fsp3) is 0.438. The van der Waals surface area contributed by atoms with Crippen LogP contribution in [-0.4, -0.2) is 16.3 Å². The first-order valence-electron chi connectivity index (χ1n) is 6.97. The first kappa shape index (κ1) is 13.8.